The summed E-state index contributed by atoms with van der Waals surface area (Å²) in [6, 6.07) is 2.68. The van der Waals surface area contributed by atoms with Gasteiger partial charge in [0, 0.05) is 6.08 Å². The summed E-state index contributed by atoms with van der Waals surface area (Å²) in [7, 11) is 0. The molecule has 7 heteroatoms. The molecule has 1 aromatic rings. The van der Waals surface area contributed by atoms with Crippen molar-refractivity contribution in [3.63, 3.8) is 0 Å². The van der Waals surface area contributed by atoms with Crippen LogP contribution in [0.5, 0.6) is 0 Å². The Bertz CT molecular complexity index is 508. The van der Waals surface area contributed by atoms with Crippen LogP contribution in [0.1, 0.15) is 25.5 Å². The van der Waals surface area contributed by atoms with E-state index in [1.54, 1.807) is 12.1 Å². The maximum absolute atomic E-state index is 11.6. The van der Waals surface area contributed by atoms with E-state index in [1.165, 1.54) is 18.4 Å². The van der Waals surface area contributed by atoms with Gasteiger partial charge < -0.3 is 20.8 Å². The van der Waals surface area contributed by atoms with Crippen LogP contribution in [0.15, 0.2) is 28.9 Å². The lowest BCUT2D eigenvalue weighted by molar-refractivity contribution is -0.128. The first-order valence-corrected chi connectivity index (χ1v) is 6.61. The highest BCUT2D eigenvalue weighted by molar-refractivity contribution is 5.94. The van der Waals surface area contributed by atoms with Crippen LogP contribution in [0, 0.1) is 0 Å². The van der Waals surface area contributed by atoms with Gasteiger partial charge in [-0.05, 0) is 24.6 Å². The molecule has 0 saturated heterocycles. The third-order valence-electron chi connectivity index (χ3n) is 2.62. The second-order valence-corrected chi connectivity index (χ2v) is 4.38. The average molecular weight is 293 g/mol. The molecule has 4 N–H and O–H groups in total. The van der Waals surface area contributed by atoms with Crippen molar-refractivity contribution in [3.05, 3.63) is 30.2 Å². The van der Waals surface area contributed by atoms with E-state index >= 15 is 0 Å². The van der Waals surface area contributed by atoms with Crippen molar-refractivity contribution < 1.29 is 18.8 Å². The Morgan fingerprint density at radius 1 is 1.43 bits per heavy atom. The molecule has 0 fully saturated rings. The zero-order valence-corrected chi connectivity index (χ0v) is 11.8. The molecule has 0 aliphatic heterocycles. The first-order valence-electron chi connectivity index (χ1n) is 6.61. The molecular formula is C14H19N3O4. The van der Waals surface area contributed by atoms with Gasteiger partial charge in [-0.3, -0.25) is 14.4 Å². The van der Waals surface area contributed by atoms with Crippen LogP contribution in [-0.2, 0) is 14.4 Å². The van der Waals surface area contributed by atoms with Crippen LogP contribution < -0.4 is 16.4 Å². The Labute approximate surface area is 122 Å². The second-order valence-electron chi connectivity index (χ2n) is 4.38. The Kier molecular flexibility index (Phi) is 6.73. The standard InChI is InChI=1S/C14H19N3O4/c1-2-4-11(14(15)20)17-13(19)9-16-12(18)7-6-10-5-3-8-21-10/h3,5-8,11H,2,4,9H2,1H3,(H2,15,20)(H,16,18)(H,17,19)/b7-6+. The van der Waals surface area contributed by atoms with E-state index in [1.807, 2.05) is 6.92 Å². The van der Waals surface area contributed by atoms with E-state index in [-0.39, 0.29) is 6.54 Å². The summed E-state index contributed by atoms with van der Waals surface area (Å²) in [5.41, 5.74) is 5.17. The van der Waals surface area contributed by atoms with Gasteiger partial charge in [-0.2, -0.15) is 0 Å². The Balaban J connectivity index is 2.35. The molecule has 1 rings (SSSR count). The van der Waals surface area contributed by atoms with E-state index in [2.05, 4.69) is 10.6 Å². The van der Waals surface area contributed by atoms with Crippen molar-refractivity contribution in [1.82, 2.24) is 10.6 Å². The van der Waals surface area contributed by atoms with E-state index in [4.69, 9.17) is 10.2 Å². The molecule has 0 aliphatic rings. The molecule has 7 nitrogen and oxygen atoms in total. The number of primary amides is 1. The molecular weight excluding hydrogens is 274 g/mol. The van der Waals surface area contributed by atoms with Gasteiger partial charge in [0.25, 0.3) is 0 Å². The number of amides is 3. The number of carbonyl (C=O) groups excluding carboxylic acids is 3. The normalized spacial score (nSPS) is 12.0. The molecule has 0 spiro atoms. The molecule has 3 amide bonds. The average Bonchev–Trinajstić information content (AvgIpc) is 2.95. The zero-order chi connectivity index (χ0) is 15.7. The zero-order valence-electron chi connectivity index (χ0n) is 11.8. The second kappa shape index (κ2) is 8.57. The highest BCUT2D eigenvalue weighted by Gasteiger charge is 2.16. The summed E-state index contributed by atoms with van der Waals surface area (Å²) in [6.45, 7) is 1.65. The molecule has 0 bridgehead atoms. The number of hydrogen-bond donors (Lipinski definition) is 3. The van der Waals surface area contributed by atoms with Crippen LogP contribution in [0.4, 0.5) is 0 Å². The third-order valence-corrected chi connectivity index (χ3v) is 2.62. The molecule has 1 aromatic heterocycles. The molecule has 0 radical (unpaired) electrons. The number of nitrogens with two attached hydrogens (primary N) is 1. The fraction of sp³-hybridized carbons (Fsp3) is 0.357. The molecule has 1 heterocycles. The van der Waals surface area contributed by atoms with Gasteiger partial charge in [-0.25, -0.2) is 0 Å². The predicted octanol–water partition coefficient (Wildman–Crippen LogP) is 0.179. The first kappa shape index (κ1) is 16.5. The van der Waals surface area contributed by atoms with Gasteiger partial charge in [0.05, 0.1) is 12.8 Å². The fourth-order valence-electron chi connectivity index (χ4n) is 1.59. The fourth-order valence-corrected chi connectivity index (χ4v) is 1.59. The molecule has 1 atom stereocenters. The molecule has 114 valence electrons. The minimum Gasteiger partial charge on any atom is -0.465 e. The van der Waals surface area contributed by atoms with Crippen molar-refractivity contribution in [2.45, 2.75) is 25.8 Å². The summed E-state index contributed by atoms with van der Waals surface area (Å²) < 4.78 is 5.02. The number of hydrogen-bond acceptors (Lipinski definition) is 4. The van der Waals surface area contributed by atoms with E-state index < -0.39 is 23.8 Å². The highest BCUT2D eigenvalue weighted by atomic mass is 16.3. The Morgan fingerprint density at radius 2 is 2.19 bits per heavy atom. The van der Waals surface area contributed by atoms with Crippen molar-refractivity contribution >= 4 is 23.8 Å². The maximum Gasteiger partial charge on any atom is 0.244 e. The van der Waals surface area contributed by atoms with E-state index in [0.717, 1.165) is 0 Å². The summed E-state index contributed by atoms with van der Waals surface area (Å²) >= 11 is 0. The first-order chi connectivity index (χ1) is 10.0. The number of nitrogens with one attached hydrogen (secondary N) is 2. The van der Waals surface area contributed by atoms with Gasteiger partial charge in [0.15, 0.2) is 0 Å². The topological polar surface area (TPSA) is 114 Å². The van der Waals surface area contributed by atoms with Gasteiger partial charge >= 0.3 is 0 Å². The van der Waals surface area contributed by atoms with Gasteiger partial charge in [-0.15, -0.1) is 0 Å². The summed E-state index contributed by atoms with van der Waals surface area (Å²) in [5.74, 6) is -0.958. The number of carbonyl (C=O) groups is 3. The van der Waals surface area contributed by atoms with Crippen molar-refractivity contribution in [3.8, 4) is 0 Å². The molecule has 21 heavy (non-hydrogen) atoms. The van der Waals surface area contributed by atoms with Crippen LogP contribution in [0.3, 0.4) is 0 Å². The lowest BCUT2D eigenvalue weighted by Gasteiger charge is -2.14. The lowest BCUT2D eigenvalue weighted by atomic mass is 10.1. The monoisotopic (exact) mass is 293 g/mol. The van der Waals surface area contributed by atoms with Crippen LogP contribution in [-0.4, -0.2) is 30.3 Å². The Hall–Kier alpha value is -2.57. The van der Waals surface area contributed by atoms with Gasteiger partial charge in [-0.1, -0.05) is 13.3 Å². The van der Waals surface area contributed by atoms with Gasteiger partial charge in [0.1, 0.15) is 11.8 Å². The smallest absolute Gasteiger partial charge is 0.244 e. The van der Waals surface area contributed by atoms with Crippen LogP contribution >= 0.6 is 0 Å². The highest BCUT2D eigenvalue weighted by Crippen LogP contribution is 2.01. The number of furan rings is 1. The van der Waals surface area contributed by atoms with Crippen LogP contribution in [0.2, 0.25) is 0 Å². The largest absolute Gasteiger partial charge is 0.465 e. The van der Waals surface area contributed by atoms with E-state index in [0.29, 0.717) is 18.6 Å². The van der Waals surface area contributed by atoms with Crippen molar-refractivity contribution in [1.29, 1.82) is 0 Å². The molecule has 0 saturated carbocycles. The summed E-state index contributed by atoms with van der Waals surface area (Å²) in [4.78, 5) is 34.2. The van der Waals surface area contributed by atoms with E-state index in [9.17, 15) is 14.4 Å². The lowest BCUT2D eigenvalue weighted by Crippen LogP contribution is -2.47. The predicted molar refractivity (Wildman–Crippen MR) is 76.8 cm³/mol. The summed E-state index contributed by atoms with van der Waals surface area (Å²) in [5, 5.41) is 4.87. The number of rotatable bonds is 8. The Morgan fingerprint density at radius 3 is 2.76 bits per heavy atom. The van der Waals surface area contributed by atoms with Crippen LogP contribution in [0.25, 0.3) is 6.08 Å². The SMILES string of the molecule is CCCC(NC(=O)CNC(=O)/C=C/c1ccco1)C(N)=O. The summed E-state index contributed by atoms with van der Waals surface area (Å²) in [6.07, 6.45) is 5.41. The van der Waals surface area contributed by atoms with Crippen molar-refractivity contribution in [2.24, 2.45) is 5.73 Å². The molecule has 1 unspecified atom stereocenters. The third kappa shape index (κ3) is 6.42. The molecule has 0 aliphatic carbocycles. The maximum atomic E-state index is 11.6. The van der Waals surface area contributed by atoms with Gasteiger partial charge in [0.2, 0.25) is 17.7 Å². The minimum absolute atomic E-state index is 0.227. The quantitative estimate of drug-likeness (QED) is 0.593. The molecule has 0 aromatic carbocycles. The minimum atomic E-state index is -0.710. The van der Waals surface area contributed by atoms with Crippen molar-refractivity contribution in [2.75, 3.05) is 6.54 Å².